The molecule has 4 aromatic rings. The zero-order chi connectivity index (χ0) is 22.3. The highest BCUT2D eigenvalue weighted by atomic mass is 16.2. The van der Waals surface area contributed by atoms with E-state index in [1.54, 1.807) is 30.3 Å². The third-order valence-corrected chi connectivity index (χ3v) is 5.25. The Morgan fingerprint density at radius 3 is 2.06 bits per heavy atom. The number of carbonyl (C=O) groups excluding carboxylic acids is 1. The van der Waals surface area contributed by atoms with Gasteiger partial charge in [-0.05, 0) is 36.2 Å². The summed E-state index contributed by atoms with van der Waals surface area (Å²) >= 11 is 0. The maximum absolute atomic E-state index is 13.6. The molecule has 0 saturated heterocycles. The second kappa shape index (κ2) is 9.83. The van der Waals surface area contributed by atoms with Crippen molar-refractivity contribution in [2.24, 2.45) is 0 Å². The molecule has 0 bridgehead atoms. The van der Waals surface area contributed by atoms with Gasteiger partial charge in [0.15, 0.2) is 0 Å². The second-order valence-electron chi connectivity index (χ2n) is 7.58. The van der Waals surface area contributed by atoms with Crippen LogP contribution in [-0.4, -0.2) is 25.6 Å². The smallest absolute Gasteiger partial charge is 0.267 e. The van der Waals surface area contributed by atoms with Gasteiger partial charge in [-0.3, -0.25) is 14.6 Å². The molecule has 6 heteroatoms. The van der Waals surface area contributed by atoms with Gasteiger partial charge in [-0.1, -0.05) is 60.7 Å². The van der Waals surface area contributed by atoms with Crippen molar-refractivity contribution in [3.05, 3.63) is 119 Å². The van der Waals surface area contributed by atoms with Gasteiger partial charge in [0.25, 0.3) is 5.56 Å². The summed E-state index contributed by atoms with van der Waals surface area (Å²) in [5, 5.41) is 4.48. The summed E-state index contributed by atoms with van der Waals surface area (Å²) in [7, 11) is 0. The summed E-state index contributed by atoms with van der Waals surface area (Å²) in [6, 6.07) is 25.7. The molecule has 2 aromatic heterocycles. The molecule has 160 valence electrons. The number of nitrogens with zero attached hydrogens (tertiary/aromatic N) is 4. The van der Waals surface area contributed by atoms with Crippen molar-refractivity contribution in [3.8, 4) is 11.3 Å². The Labute approximate surface area is 186 Å². The number of amides is 1. The van der Waals surface area contributed by atoms with Gasteiger partial charge in [0.05, 0.1) is 5.69 Å². The van der Waals surface area contributed by atoms with Gasteiger partial charge in [-0.25, -0.2) is 4.68 Å². The average Bonchev–Trinajstić information content (AvgIpc) is 2.85. The molecule has 1 amide bonds. The summed E-state index contributed by atoms with van der Waals surface area (Å²) in [4.78, 5) is 32.0. The van der Waals surface area contributed by atoms with Crippen molar-refractivity contribution in [2.75, 3.05) is 0 Å². The number of aromatic nitrogens is 3. The number of benzene rings is 2. The minimum Gasteiger partial charge on any atom is -0.332 e. The summed E-state index contributed by atoms with van der Waals surface area (Å²) in [6.45, 7) is 2.60. The van der Waals surface area contributed by atoms with E-state index in [0.29, 0.717) is 18.8 Å². The third-order valence-electron chi connectivity index (χ3n) is 5.25. The van der Waals surface area contributed by atoms with Gasteiger partial charge in [-0.2, -0.15) is 5.10 Å². The van der Waals surface area contributed by atoms with E-state index in [1.807, 2.05) is 72.8 Å². The normalized spacial score (nSPS) is 11.7. The lowest BCUT2D eigenvalue weighted by atomic mass is 10.1. The molecule has 0 spiro atoms. The number of rotatable bonds is 7. The van der Waals surface area contributed by atoms with E-state index in [1.165, 1.54) is 10.7 Å². The largest absolute Gasteiger partial charge is 0.332 e. The van der Waals surface area contributed by atoms with Gasteiger partial charge >= 0.3 is 0 Å². The molecule has 0 aliphatic heterocycles. The molecule has 6 nitrogen and oxygen atoms in total. The molecule has 2 aromatic carbocycles. The fourth-order valence-electron chi connectivity index (χ4n) is 3.56. The lowest BCUT2D eigenvalue weighted by Gasteiger charge is -2.26. The standard InChI is InChI=1S/C26H24N4O2/c1-20(30-25(31)15-14-24(28-30)23-13-8-16-27-17-23)26(32)29(18-21-9-4-2-5-10-21)19-22-11-6-3-7-12-22/h2-17,20H,18-19H2,1H3. The van der Waals surface area contributed by atoms with Gasteiger partial charge in [0.2, 0.25) is 5.91 Å². The van der Waals surface area contributed by atoms with E-state index in [2.05, 4.69) is 10.1 Å². The first-order chi connectivity index (χ1) is 15.6. The summed E-state index contributed by atoms with van der Waals surface area (Å²) in [5.74, 6) is -0.171. The molecule has 1 unspecified atom stereocenters. The van der Waals surface area contributed by atoms with Crippen LogP contribution in [0.2, 0.25) is 0 Å². The maximum atomic E-state index is 13.6. The average molecular weight is 425 g/mol. The van der Waals surface area contributed by atoms with Crippen molar-refractivity contribution >= 4 is 5.91 Å². The zero-order valence-corrected chi connectivity index (χ0v) is 17.8. The molecule has 1 atom stereocenters. The molecule has 0 aliphatic rings. The van der Waals surface area contributed by atoms with Crippen LogP contribution in [-0.2, 0) is 17.9 Å². The lowest BCUT2D eigenvalue weighted by Crippen LogP contribution is -2.39. The Hall–Kier alpha value is -4.06. The predicted octanol–water partition coefficient (Wildman–Crippen LogP) is 4.10. The summed E-state index contributed by atoms with van der Waals surface area (Å²) < 4.78 is 1.26. The summed E-state index contributed by atoms with van der Waals surface area (Å²) in [5.41, 5.74) is 3.10. The topological polar surface area (TPSA) is 68.1 Å². The lowest BCUT2D eigenvalue weighted by molar-refractivity contribution is -0.136. The van der Waals surface area contributed by atoms with E-state index in [-0.39, 0.29) is 11.5 Å². The fraction of sp³-hybridized carbons (Fsp3) is 0.154. The highest BCUT2D eigenvalue weighted by Crippen LogP contribution is 2.18. The van der Waals surface area contributed by atoms with Crippen molar-refractivity contribution in [1.82, 2.24) is 19.7 Å². The fourth-order valence-corrected chi connectivity index (χ4v) is 3.56. The molecule has 0 saturated carbocycles. The maximum Gasteiger partial charge on any atom is 0.267 e. The van der Waals surface area contributed by atoms with E-state index < -0.39 is 6.04 Å². The van der Waals surface area contributed by atoms with Gasteiger partial charge in [-0.15, -0.1) is 0 Å². The first-order valence-corrected chi connectivity index (χ1v) is 10.5. The Balaban J connectivity index is 1.64. The molecular weight excluding hydrogens is 400 g/mol. The molecule has 0 fully saturated rings. The minimum absolute atomic E-state index is 0.171. The Morgan fingerprint density at radius 2 is 1.50 bits per heavy atom. The molecule has 32 heavy (non-hydrogen) atoms. The second-order valence-corrected chi connectivity index (χ2v) is 7.58. The van der Waals surface area contributed by atoms with E-state index >= 15 is 0 Å². The Kier molecular flexibility index (Phi) is 6.51. The first kappa shape index (κ1) is 21.2. The van der Waals surface area contributed by atoms with E-state index in [4.69, 9.17) is 0 Å². The van der Waals surface area contributed by atoms with Crippen LogP contribution in [0.15, 0.2) is 102 Å². The molecule has 2 heterocycles. The molecule has 0 radical (unpaired) electrons. The van der Waals surface area contributed by atoms with Crippen LogP contribution in [0.25, 0.3) is 11.3 Å². The highest BCUT2D eigenvalue weighted by molar-refractivity contribution is 5.80. The van der Waals surface area contributed by atoms with Crippen LogP contribution in [0, 0.1) is 0 Å². The van der Waals surface area contributed by atoms with Crippen LogP contribution in [0.1, 0.15) is 24.1 Å². The zero-order valence-electron chi connectivity index (χ0n) is 17.8. The van der Waals surface area contributed by atoms with Gasteiger partial charge < -0.3 is 4.90 Å². The Bertz CT molecular complexity index is 1180. The monoisotopic (exact) mass is 424 g/mol. The SMILES string of the molecule is CC(C(=O)N(Cc1ccccc1)Cc1ccccc1)n1nc(-c2cccnc2)ccc1=O. The van der Waals surface area contributed by atoms with Crippen LogP contribution in [0.4, 0.5) is 0 Å². The van der Waals surface area contributed by atoms with Crippen molar-refractivity contribution in [1.29, 1.82) is 0 Å². The molecule has 0 aliphatic carbocycles. The quantitative estimate of drug-likeness (QED) is 0.448. The number of carbonyl (C=O) groups is 1. The molecule has 4 rings (SSSR count). The predicted molar refractivity (Wildman–Crippen MR) is 124 cm³/mol. The highest BCUT2D eigenvalue weighted by Gasteiger charge is 2.24. The van der Waals surface area contributed by atoms with Crippen molar-refractivity contribution in [2.45, 2.75) is 26.1 Å². The van der Waals surface area contributed by atoms with Crippen LogP contribution in [0.3, 0.4) is 0 Å². The van der Waals surface area contributed by atoms with Crippen LogP contribution in [0.5, 0.6) is 0 Å². The van der Waals surface area contributed by atoms with Crippen molar-refractivity contribution in [3.63, 3.8) is 0 Å². The van der Waals surface area contributed by atoms with Gasteiger partial charge in [0.1, 0.15) is 6.04 Å². The van der Waals surface area contributed by atoms with E-state index in [9.17, 15) is 9.59 Å². The van der Waals surface area contributed by atoms with E-state index in [0.717, 1.165) is 16.7 Å². The Morgan fingerprint density at radius 1 is 0.875 bits per heavy atom. The minimum atomic E-state index is -0.758. The number of hydrogen-bond donors (Lipinski definition) is 0. The third kappa shape index (κ3) is 4.98. The molecular formula is C26H24N4O2. The number of hydrogen-bond acceptors (Lipinski definition) is 4. The number of pyridine rings is 1. The van der Waals surface area contributed by atoms with Gasteiger partial charge in [0, 0.05) is 37.1 Å². The summed E-state index contributed by atoms with van der Waals surface area (Å²) in [6.07, 6.45) is 3.36. The molecule has 0 N–H and O–H groups in total. The first-order valence-electron chi connectivity index (χ1n) is 10.5. The van der Waals surface area contributed by atoms with Crippen LogP contribution >= 0.6 is 0 Å². The van der Waals surface area contributed by atoms with Crippen LogP contribution < -0.4 is 5.56 Å². The van der Waals surface area contributed by atoms with Crippen molar-refractivity contribution < 1.29 is 4.79 Å².